The molecule has 0 aliphatic heterocycles. The fraction of sp³-hybridized carbons (Fsp3) is 0.133. The van der Waals surface area contributed by atoms with Crippen molar-refractivity contribution in [1.82, 2.24) is 15.0 Å². The number of rotatable bonds is 5. The van der Waals surface area contributed by atoms with E-state index in [0.29, 0.717) is 5.69 Å². The van der Waals surface area contributed by atoms with Gasteiger partial charge in [-0.25, -0.2) is 23.4 Å². The van der Waals surface area contributed by atoms with E-state index in [4.69, 9.17) is 4.74 Å². The molecule has 23 heavy (non-hydrogen) atoms. The molecule has 0 aliphatic rings. The summed E-state index contributed by atoms with van der Waals surface area (Å²) in [6.45, 7) is 0.155. The van der Waals surface area contributed by atoms with Crippen molar-refractivity contribution >= 4 is 26.7 Å². The molecule has 0 saturated heterocycles. The second-order valence-electron chi connectivity index (χ2n) is 4.87. The Morgan fingerprint density at radius 3 is 2.70 bits per heavy atom. The number of ether oxygens (including phenoxy) is 1. The second-order valence-corrected chi connectivity index (χ2v) is 6.62. The highest BCUT2D eigenvalue weighted by molar-refractivity contribution is 7.92. The third kappa shape index (κ3) is 3.92. The number of hydrogen-bond acceptors (Lipinski definition) is 6. The monoisotopic (exact) mass is 330 g/mol. The highest BCUT2D eigenvalue weighted by Crippen LogP contribution is 2.20. The Morgan fingerprint density at radius 1 is 1.09 bits per heavy atom. The Morgan fingerprint density at radius 2 is 1.87 bits per heavy atom. The molecule has 118 valence electrons. The molecule has 8 heteroatoms. The zero-order valence-corrected chi connectivity index (χ0v) is 13.1. The maximum absolute atomic E-state index is 11.3. The molecule has 2 heterocycles. The van der Waals surface area contributed by atoms with Gasteiger partial charge in [0.15, 0.2) is 0 Å². The number of fused-ring (bicyclic) bond motifs is 1. The Hall–Kier alpha value is -2.74. The number of nitrogens with one attached hydrogen (secondary N) is 1. The molecule has 0 saturated carbocycles. The van der Waals surface area contributed by atoms with Gasteiger partial charge in [0.05, 0.1) is 17.5 Å². The molecule has 0 amide bonds. The molecule has 0 bridgehead atoms. The van der Waals surface area contributed by atoms with Crippen molar-refractivity contribution in [2.24, 2.45) is 0 Å². The third-order valence-electron chi connectivity index (χ3n) is 2.96. The summed E-state index contributed by atoms with van der Waals surface area (Å²) in [6.07, 6.45) is 3.85. The molecule has 0 radical (unpaired) electrons. The van der Waals surface area contributed by atoms with Crippen LogP contribution in [-0.2, 0) is 16.6 Å². The SMILES string of the molecule is CS(=O)(=O)Nc1nccnc1OCc1ccc2ccccc2n1. The average molecular weight is 330 g/mol. The van der Waals surface area contributed by atoms with Crippen LogP contribution >= 0.6 is 0 Å². The van der Waals surface area contributed by atoms with E-state index < -0.39 is 10.0 Å². The number of para-hydroxylation sites is 1. The zero-order chi connectivity index (χ0) is 16.3. The van der Waals surface area contributed by atoms with Crippen LogP contribution in [0.25, 0.3) is 10.9 Å². The summed E-state index contributed by atoms with van der Waals surface area (Å²) in [5.41, 5.74) is 1.57. The maximum Gasteiger partial charge on any atom is 0.258 e. The highest BCUT2D eigenvalue weighted by Gasteiger charge is 2.11. The van der Waals surface area contributed by atoms with Gasteiger partial charge in [-0.05, 0) is 12.1 Å². The molecule has 0 aliphatic carbocycles. The smallest absolute Gasteiger partial charge is 0.258 e. The van der Waals surface area contributed by atoms with Crippen LogP contribution in [0.1, 0.15) is 5.69 Å². The summed E-state index contributed by atoms with van der Waals surface area (Å²) in [4.78, 5) is 12.4. The molecule has 7 nitrogen and oxygen atoms in total. The maximum atomic E-state index is 11.3. The van der Waals surface area contributed by atoms with Gasteiger partial charge in [0.25, 0.3) is 5.88 Å². The van der Waals surface area contributed by atoms with Crippen molar-refractivity contribution in [2.45, 2.75) is 6.61 Å². The summed E-state index contributed by atoms with van der Waals surface area (Å²) in [5, 5.41) is 1.04. The van der Waals surface area contributed by atoms with E-state index in [1.165, 1.54) is 12.4 Å². The first kappa shape index (κ1) is 15.2. The standard InChI is InChI=1S/C15H14N4O3S/c1-23(20,21)19-14-15(17-9-8-16-14)22-10-12-7-6-11-4-2-3-5-13(11)18-12/h2-9H,10H2,1H3,(H,16,19). The minimum Gasteiger partial charge on any atom is -0.469 e. The van der Waals surface area contributed by atoms with Gasteiger partial charge in [-0.15, -0.1) is 0 Å². The topological polar surface area (TPSA) is 94.1 Å². The lowest BCUT2D eigenvalue weighted by molar-refractivity contribution is 0.290. The predicted molar refractivity (Wildman–Crippen MR) is 86.6 cm³/mol. The molecular formula is C15H14N4O3S. The van der Waals surface area contributed by atoms with Crippen molar-refractivity contribution in [3.8, 4) is 5.88 Å². The quantitative estimate of drug-likeness (QED) is 0.769. The van der Waals surface area contributed by atoms with Crippen molar-refractivity contribution in [3.63, 3.8) is 0 Å². The van der Waals surface area contributed by atoms with E-state index in [9.17, 15) is 8.42 Å². The first-order valence-corrected chi connectivity index (χ1v) is 8.67. The predicted octanol–water partition coefficient (Wildman–Crippen LogP) is 1.98. The van der Waals surface area contributed by atoms with Crippen LogP contribution in [-0.4, -0.2) is 29.6 Å². The zero-order valence-electron chi connectivity index (χ0n) is 12.3. The van der Waals surface area contributed by atoms with E-state index in [0.717, 1.165) is 17.2 Å². The van der Waals surface area contributed by atoms with Gasteiger partial charge in [0, 0.05) is 17.8 Å². The summed E-state index contributed by atoms with van der Waals surface area (Å²) in [7, 11) is -3.46. The van der Waals surface area contributed by atoms with E-state index >= 15 is 0 Å². The fourth-order valence-corrected chi connectivity index (χ4v) is 2.50. The first-order chi connectivity index (χ1) is 11.0. The summed E-state index contributed by atoms with van der Waals surface area (Å²) < 4.78 is 30.5. The summed E-state index contributed by atoms with van der Waals surface area (Å²) in [6, 6.07) is 11.6. The van der Waals surface area contributed by atoms with Gasteiger partial charge in [0.1, 0.15) is 6.61 Å². The van der Waals surface area contributed by atoms with Crippen molar-refractivity contribution < 1.29 is 13.2 Å². The number of anilines is 1. The average Bonchev–Trinajstić information content (AvgIpc) is 2.52. The second kappa shape index (κ2) is 6.17. The lowest BCUT2D eigenvalue weighted by Gasteiger charge is -2.09. The van der Waals surface area contributed by atoms with Crippen molar-refractivity contribution in [1.29, 1.82) is 0 Å². The van der Waals surface area contributed by atoms with Crippen molar-refractivity contribution in [3.05, 3.63) is 54.5 Å². The Balaban J connectivity index is 1.79. The van der Waals surface area contributed by atoms with Crippen LogP contribution in [0.3, 0.4) is 0 Å². The normalized spacial score (nSPS) is 11.3. The van der Waals surface area contributed by atoms with Gasteiger partial charge in [-0.3, -0.25) is 4.72 Å². The van der Waals surface area contributed by atoms with Gasteiger partial charge in [0.2, 0.25) is 15.8 Å². The van der Waals surface area contributed by atoms with Crippen LogP contribution < -0.4 is 9.46 Å². The number of aromatic nitrogens is 3. The lowest BCUT2D eigenvalue weighted by atomic mass is 10.2. The fourth-order valence-electron chi connectivity index (χ4n) is 2.01. The van der Waals surface area contributed by atoms with Gasteiger partial charge < -0.3 is 4.74 Å². The highest BCUT2D eigenvalue weighted by atomic mass is 32.2. The number of sulfonamides is 1. The minimum atomic E-state index is -3.46. The molecule has 0 fully saturated rings. The van der Waals surface area contributed by atoms with Gasteiger partial charge in [-0.2, -0.15) is 0 Å². The van der Waals surface area contributed by atoms with E-state index in [1.807, 2.05) is 36.4 Å². The molecule has 3 aromatic rings. The molecule has 1 aromatic carbocycles. The van der Waals surface area contributed by atoms with E-state index in [-0.39, 0.29) is 18.3 Å². The van der Waals surface area contributed by atoms with Crippen molar-refractivity contribution in [2.75, 3.05) is 11.0 Å². The lowest BCUT2D eigenvalue weighted by Crippen LogP contribution is -2.13. The van der Waals surface area contributed by atoms with Crippen LogP contribution in [0.4, 0.5) is 5.82 Å². The number of nitrogens with zero attached hydrogens (tertiary/aromatic N) is 3. The molecule has 0 atom stereocenters. The van der Waals surface area contributed by atoms with Crippen LogP contribution in [0, 0.1) is 0 Å². The molecule has 3 rings (SSSR count). The van der Waals surface area contributed by atoms with E-state index in [1.54, 1.807) is 0 Å². The molecular weight excluding hydrogens is 316 g/mol. The van der Waals surface area contributed by atoms with Crippen LogP contribution in [0.2, 0.25) is 0 Å². The van der Waals surface area contributed by atoms with Crippen LogP contribution in [0.5, 0.6) is 5.88 Å². The largest absolute Gasteiger partial charge is 0.469 e. The Labute approximate surface area is 133 Å². The number of pyridine rings is 1. The number of benzene rings is 1. The molecule has 1 N–H and O–H groups in total. The minimum absolute atomic E-state index is 0.0517. The summed E-state index contributed by atoms with van der Waals surface area (Å²) in [5.74, 6) is 0.156. The first-order valence-electron chi connectivity index (χ1n) is 6.77. The van der Waals surface area contributed by atoms with E-state index in [2.05, 4.69) is 19.7 Å². The third-order valence-corrected chi connectivity index (χ3v) is 3.52. The van der Waals surface area contributed by atoms with Gasteiger partial charge >= 0.3 is 0 Å². The molecule has 0 unspecified atom stereocenters. The molecule has 0 spiro atoms. The Bertz CT molecular complexity index is 944. The Kier molecular flexibility index (Phi) is 4.07. The number of hydrogen-bond donors (Lipinski definition) is 1. The van der Waals surface area contributed by atoms with Gasteiger partial charge in [-0.1, -0.05) is 24.3 Å². The van der Waals surface area contributed by atoms with Crippen LogP contribution in [0.15, 0.2) is 48.8 Å². The molecule has 2 aromatic heterocycles. The summed E-state index contributed by atoms with van der Waals surface area (Å²) >= 11 is 0.